The number of aromatic amines is 1. The number of carbonyl (C=O) groups excluding carboxylic acids is 1. The van der Waals surface area contributed by atoms with Crippen LogP contribution in [0, 0.1) is 0 Å². The van der Waals surface area contributed by atoms with Gasteiger partial charge in [0.1, 0.15) is 0 Å². The zero-order valence-corrected chi connectivity index (χ0v) is 18.3. The van der Waals surface area contributed by atoms with Gasteiger partial charge in [-0.05, 0) is 60.2 Å². The lowest BCUT2D eigenvalue weighted by Gasteiger charge is -2.15. The number of carbonyl (C=O) groups is 2. The molecule has 4 rings (SSSR count). The highest BCUT2D eigenvalue weighted by atomic mass is 32.2. The minimum atomic E-state index is -0.870. The number of thioether (sulfide) groups is 1. The minimum Gasteiger partial charge on any atom is -0.481 e. The van der Waals surface area contributed by atoms with Crippen LogP contribution in [0.15, 0.2) is 90.3 Å². The molecule has 1 unspecified atom stereocenters. The van der Waals surface area contributed by atoms with Crippen molar-refractivity contribution in [1.82, 2.24) is 15.0 Å². The molecule has 0 radical (unpaired) electrons. The predicted octanol–water partition coefficient (Wildman–Crippen LogP) is 5.11. The lowest BCUT2D eigenvalue weighted by atomic mass is 10.1. The maximum absolute atomic E-state index is 12.6. The second-order valence-corrected chi connectivity index (χ2v) is 8.39. The van der Waals surface area contributed by atoms with Crippen LogP contribution in [0.4, 0.5) is 17.3 Å². The zero-order valence-electron chi connectivity index (χ0n) is 17.4. The summed E-state index contributed by atoms with van der Waals surface area (Å²) in [6.45, 7) is 0. The summed E-state index contributed by atoms with van der Waals surface area (Å²) in [5.41, 5.74) is 2.84. The average Bonchev–Trinajstić information content (AvgIpc) is 3.34. The molecule has 0 saturated carbocycles. The van der Waals surface area contributed by atoms with Crippen LogP contribution >= 0.6 is 11.8 Å². The maximum Gasteiger partial charge on any atom is 0.304 e. The number of aromatic nitrogens is 3. The summed E-state index contributed by atoms with van der Waals surface area (Å²) in [4.78, 5) is 35.9. The van der Waals surface area contributed by atoms with Crippen LogP contribution in [-0.2, 0) is 4.79 Å². The number of anilines is 3. The number of amides is 1. The topological polar surface area (TPSA) is 120 Å². The number of H-pyrrole nitrogens is 1. The number of hydrogen-bond acceptors (Lipinski definition) is 6. The number of rotatable bonds is 9. The molecule has 0 bridgehead atoms. The molecule has 0 aliphatic heterocycles. The molecule has 9 heteroatoms. The Kier molecular flexibility index (Phi) is 7.01. The van der Waals surface area contributed by atoms with Crippen molar-refractivity contribution in [2.75, 3.05) is 10.6 Å². The van der Waals surface area contributed by atoms with Gasteiger partial charge in [-0.2, -0.15) is 0 Å². The molecule has 2 heterocycles. The highest BCUT2D eigenvalue weighted by molar-refractivity contribution is 7.99. The number of nitrogens with one attached hydrogen (secondary N) is 3. The number of nitrogens with zero attached hydrogens (tertiary/aromatic N) is 2. The van der Waals surface area contributed by atoms with E-state index in [9.17, 15) is 14.7 Å². The van der Waals surface area contributed by atoms with Crippen molar-refractivity contribution in [1.29, 1.82) is 0 Å². The second kappa shape index (κ2) is 10.5. The van der Waals surface area contributed by atoms with Gasteiger partial charge >= 0.3 is 5.97 Å². The number of aliphatic carboxylic acids is 1. The van der Waals surface area contributed by atoms with Crippen molar-refractivity contribution in [3.8, 4) is 0 Å². The predicted molar refractivity (Wildman–Crippen MR) is 128 cm³/mol. The van der Waals surface area contributed by atoms with Crippen molar-refractivity contribution in [3.63, 3.8) is 0 Å². The van der Waals surface area contributed by atoms with E-state index in [1.807, 2.05) is 18.2 Å². The summed E-state index contributed by atoms with van der Waals surface area (Å²) in [7, 11) is 0. The molecular weight excluding hydrogens is 438 g/mol. The molecule has 33 heavy (non-hydrogen) atoms. The van der Waals surface area contributed by atoms with Crippen LogP contribution in [0.1, 0.15) is 27.6 Å². The van der Waals surface area contributed by atoms with Gasteiger partial charge in [0.25, 0.3) is 5.91 Å². The summed E-state index contributed by atoms with van der Waals surface area (Å²) >= 11 is 1.45. The third-order valence-electron chi connectivity index (χ3n) is 4.71. The Morgan fingerprint density at radius 2 is 1.76 bits per heavy atom. The fourth-order valence-corrected chi connectivity index (χ4v) is 4.24. The van der Waals surface area contributed by atoms with Gasteiger partial charge in [0.05, 0.1) is 6.42 Å². The summed E-state index contributed by atoms with van der Waals surface area (Å²) in [5.74, 6) is -0.469. The fraction of sp³-hybridized carbons (Fsp3) is 0.0833. The van der Waals surface area contributed by atoms with Gasteiger partial charge in [-0.1, -0.05) is 6.07 Å². The molecule has 2 aromatic carbocycles. The molecular formula is C24H21N5O3S. The van der Waals surface area contributed by atoms with E-state index in [0.29, 0.717) is 17.2 Å². The van der Waals surface area contributed by atoms with Gasteiger partial charge in [0.2, 0.25) is 5.95 Å². The van der Waals surface area contributed by atoms with Gasteiger partial charge in [0, 0.05) is 51.9 Å². The largest absolute Gasteiger partial charge is 0.481 e. The number of benzene rings is 2. The molecule has 1 amide bonds. The Morgan fingerprint density at radius 1 is 1.00 bits per heavy atom. The van der Waals surface area contributed by atoms with Crippen molar-refractivity contribution in [3.05, 3.63) is 96.6 Å². The van der Waals surface area contributed by atoms with Gasteiger partial charge in [0.15, 0.2) is 0 Å². The summed E-state index contributed by atoms with van der Waals surface area (Å²) < 4.78 is 0. The molecule has 8 nitrogen and oxygen atoms in total. The molecule has 2 aromatic heterocycles. The molecule has 0 aliphatic carbocycles. The van der Waals surface area contributed by atoms with Crippen LogP contribution in [-0.4, -0.2) is 31.9 Å². The van der Waals surface area contributed by atoms with Gasteiger partial charge in [-0.3, -0.25) is 14.6 Å². The minimum absolute atomic E-state index is 0.0143. The van der Waals surface area contributed by atoms with Gasteiger partial charge in [-0.15, -0.1) is 11.8 Å². The van der Waals surface area contributed by atoms with E-state index in [4.69, 9.17) is 0 Å². The number of carboxylic acids is 1. The van der Waals surface area contributed by atoms with E-state index in [0.717, 1.165) is 16.1 Å². The smallest absolute Gasteiger partial charge is 0.304 e. The Balaban J connectivity index is 1.37. The number of hydrogen-bond donors (Lipinski definition) is 4. The number of carboxylic acid groups (broad SMARTS) is 1. The second-order valence-electron chi connectivity index (χ2n) is 7.11. The van der Waals surface area contributed by atoms with Gasteiger partial charge in [-0.25, -0.2) is 4.98 Å². The normalized spacial score (nSPS) is 11.5. The standard InChI is InChI=1S/C24H21N5O3S/c30-22(31)14-21(17-2-1-11-25-15-17)33-20-9-7-18(8-10-20)28-23(32)16-3-5-19(6-4-16)29-24-26-12-13-27-24/h1-13,15,21H,14H2,(H,28,32)(H,30,31)(H2,26,27,29). The van der Waals surface area contributed by atoms with Crippen LogP contribution in [0.5, 0.6) is 0 Å². The quantitative estimate of drug-likeness (QED) is 0.257. The van der Waals surface area contributed by atoms with Crippen molar-refractivity contribution < 1.29 is 14.7 Å². The summed E-state index contributed by atoms with van der Waals surface area (Å²) in [6.07, 6.45) is 6.70. The monoisotopic (exact) mass is 459 g/mol. The lowest BCUT2D eigenvalue weighted by Crippen LogP contribution is -2.11. The Bertz CT molecular complexity index is 1200. The summed E-state index contributed by atoms with van der Waals surface area (Å²) in [5, 5.41) is 15.0. The Hall–Kier alpha value is -4.11. The number of pyridine rings is 1. The molecule has 4 aromatic rings. The average molecular weight is 460 g/mol. The molecule has 0 fully saturated rings. The fourth-order valence-electron chi connectivity index (χ4n) is 3.11. The Labute approximate surface area is 194 Å². The molecule has 166 valence electrons. The van der Waals surface area contributed by atoms with Crippen molar-refractivity contribution in [2.45, 2.75) is 16.6 Å². The van der Waals surface area contributed by atoms with E-state index in [2.05, 4.69) is 25.6 Å². The highest BCUT2D eigenvalue weighted by Crippen LogP contribution is 2.37. The third-order valence-corrected chi connectivity index (χ3v) is 5.98. The van der Waals surface area contributed by atoms with Crippen LogP contribution in [0.2, 0.25) is 0 Å². The molecule has 1 atom stereocenters. The van der Waals surface area contributed by atoms with E-state index >= 15 is 0 Å². The molecule has 0 aliphatic rings. The lowest BCUT2D eigenvalue weighted by molar-refractivity contribution is -0.137. The SMILES string of the molecule is O=C(O)CC(Sc1ccc(NC(=O)c2ccc(Nc3ncc[nH]3)cc2)cc1)c1cccnc1. The molecule has 0 spiro atoms. The maximum atomic E-state index is 12.6. The van der Waals surface area contributed by atoms with E-state index in [-0.39, 0.29) is 17.6 Å². The first-order valence-corrected chi connectivity index (χ1v) is 11.0. The first kappa shape index (κ1) is 22.1. The van der Waals surface area contributed by atoms with E-state index in [1.54, 1.807) is 67.3 Å². The first-order chi connectivity index (χ1) is 16.1. The molecule has 4 N–H and O–H groups in total. The van der Waals surface area contributed by atoms with Crippen LogP contribution in [0.3, 0.4) is 0 Å². The van der Waals surface area contributed by atoms with Crippen molar-refractivity contribution in [2.24, 2.45) is 0 Å². The van der Waals surface area contributed by atoms with E-state index < -0.39 is 5.97 Å². The van der Waals surface area contributed by atoms with E-state index in [1.165, 1.54) is 11.8 Å². The zero-order chi connectivity index (χ0) is 23.0. The highest BCUT2D eigenvalue weighted by Gasteiger charge is 2.17. The van der Waals surface area contributed by atoms with Crippen LogP contribution < -0.4 is 10.6 Å². The Morgan fingerprint density at radius 3 is 2.39 bits per heavy atom. The van der Waals surface area contributed by atoms with Gasteiger partial charge < -0.3 is 20.7 Å². The number of imidazole rings is 1. The molecule has 0 saturated heterocycles. The summed E-state index contributed by atoms with van der Waals surface area (Å²) in [6, 6.07) is 18.1. The third kappa shape index (κ3) is 6.20. The van der Waals surface area contributed by atoms with Crippen LogP contribution in [0.25, 0.3) is 0 Å². The first-order valence-electron chi connectivity index (χ1n) is 10.1. The van der Waals surface area contributed by atoms with Crippen molar-refractivity contribution >= 4 is 41.0 Å².